The molecule has 0 N–H and O–H groups in total. The number of hydrogen-bond acceptors (Lipinski definition) is 3. The van der Waals surface area contributed by atoms with E-state index in [4.69, 9.17) is 9.47 Å². The molecule has 10 heteroatoms. The first-order valence-corrected chi connectivity index (χ1v) is 8.44. The fourth-order valence-corrected chi connectivity index (χ4v) is 2.76. The molecule has 158 valence electrons. The number of alkyl halides is 2. The van der Waals surface area contributed by atoms with Crippen LogP contribution in [0.3, 0.4) is 0 Å². The lowest BCUT2D eigenvalue weighted by molar-refractivity contribution is -0.203. The summed E-state index contributed by atoms with van der Waals surface area (Å²) in [4.78, 5) is 0. The SMILES string of the molecule is Cc1c(OC(F)(F)c2c(F)cc(C3OCC(C)CO3)cc2F)cc(F)c(F)c1F. The zero-order chi connectivity index (χ0) is 21.5. The molecular formula is C19H15F7O3. The average molecular weight is 424 g/mol. The van der Waals surface area contributed by atoms with Crippen molar-refractivity contribution in [2.45, 2.75) is 26.2 Å². The topological polar surface area (TPSA) is 27.7 Å². The van der Waals surface area contributed by atoms with Crippen molar-refractivity contribution >= 4 is 0 Å². The average Bonchev–Trinajstić information content (AvgIpc) is 2.64. The van der Waals surface area contributed by atoms with E-state index in [-0.39, 0.29) is 30.8 Å². The molecule has 3 nitrogen and oxygen atoms in total. The van der Waals surface area contributed by atoms with E-state index in [9.17, 15) is 30.7 Å². The van der Waals surface area contributed by atoms with Gasteiger partial charge in [-0.1, -0.05) is 6.92 Å². The molecular weight excluding hydrogens is 409 g/mol. The molecule has 29 heavy (non-hydrogen) atoms. The van der Waals surface area contributed by atoms with E-state index in [2.05, 4.69) is 4.74 Å². The Balaban J connectivity index is 1.93. The molecule has 1 aliphatic rings. The summed E-state index contributed by atoms with van der Waals surface area (Å²) in [6.45, 7) is 3.16. The predicted octanol–water partition coefficient (Wildman–Crippen LogP) is 5.50. The number of rotatable bonds is 4. The van der Waals surface area contributed by atoms with Crippen LogP contribution < -0.4 is 4.74 Å². The van der Waals surface area contributed by atoms with Crippen molar-refractivity contribution in [3.8, 4) is 5.75 Å². The maximum absolute atomic E-state index is 14.4. The van der Waals surface area contributed by atoms with Gasteiger partial charge in [-0.3, -0.25) is 0 Å². The zero-order valence-electron chi connectivity index (χ0n) is 15.2. The van der Waals surface area contributed by atoms with Gasteiger partial charge in [0, 0.05) is 23.1 Å². The van der Waals surface area contributed by atoms with Crippen LogP contribution in [-0.2, 0) is 15.6 Å². The van der Waals surface area contributed by atoms with E-state index in [0.29, 0.717) is 12.1 Å². The molecule has 0 bridgehead atoms. The van der Waals surface area contributed by atoms with Gasteiger partial charge in [0.15, 0.2) is 23.7 Å². The van der Waals surface area contributed by atoms with E-state index in [1.807, 2.05) is 6.92 Å². The normalized spacial score (nSPS) is 20.0. The van der Waals surface area contributed by atoms with Gasteiger partial charge in [0.2, 0.25) is 0 Å². The second-order valence-electron chi connectivity index (χ2n) is 6.69. The molecule has 0 amide bonds. The van der Waals surface area contributed by atoms with Crippen molar-refractivity contribution in [2.75, 3.05) is 13.2 Å². The Morgan fingerprint density at radius 1 is 0.897 bits per heavy atom. The molecule has 1 aliphatic heterocycles. The monoisotopic (exact) mass is 424 g/mol. The molecule has 1 saturated heterocycles. The van der Waals surface area contributed by atoms with Crippen LogP contribution in [0.15, 0.2) is 18.2 Å². The number of hydrogen-bond donors (Lipinski definition) is 0. The van der Waals surface area contributed by atoms with E-state index in [1.165, 1.54) is 0 Å². The van der Waals surface area contributed by atoms with Gasteiger partial charge in [0.25, 0.3) is 0 Å². The van der Waals surface area contributed by atoms with Crippen LogP contribution in [0.5, 0.6) is 5.75 Å². The Bertz CT molecular complexity index is 901. The summed E-state index contributed by atoms with van der Waals surface area (Å²) in [5, 5.41) is 0. The molecule has 2 aromatic carbocycles. The molecule has 0 spiro atoms. The van der Waals surface area contributed by atoms with Crippen LogP contribution in [0.25, 0.3) is 0 Å². The highest BCUT2D eigenvalue weighted by Gasteiger charge is 2.42. The fraction of sp³-hybridized carbons (Fsp3) is 0.368. The van der Waals surface area contributed by atoms with Crippen molar-refractivity contribution in [2.24, 2.45) is 5.92 Å². The summed E-state index contributed by atoms with van der Waals surface area (Å²) >= 11 is 0. The van der Waals surface area contributed by atoms with Crippen LogP contribution in [-0.4, -0.2) is 13.2 Å². The first-order valence-electron chi connectivity index (χ1n) is 8.44. The number of benzene rings is 2. The minimum atomic E-state index is -4.66. The lowest BCUT2D eigenvalue weighted by Crippen LogP contribution is -2.28. The van der Waals surface area contributed by atoms with Gasteiger partial charge in [-0.25, -0.2) is 22.0 Å². The lowest BCUT2D eigenvalue weighted by atomic mass is 10.1. The standard InChI is InChI=1S/C19H15F7O3/c1-8-6-27-18(28-7-8)10-3-11(20)15(12(21)4-10)19(25,26)29-14-5-13(22)17(24)16(23)9(14)2/h3-5,8,18H,6-7H2,1-2H3. The predicted molar refractivity (Wildman–Crippen MR) is 85.7 cm³/mol. The largest absolute Gasteiger partial charge is 0.432 e. The third-order valence-electron chi connectivity index (χ3n) is 4.29. The second kappa shape index (κ2) is 7.83. The zero-order valence-corrected chi connectivity index (χ0v) is 15.2. The lowest BCUT2D eigenvalue weighted by Gasteiger charge is -2.28. The van der Waals surface area contributed by atoms with Crippen LogP contribution in [0, 0.1) is 41.9 Å². The smallest absolute Gasteiger partial charge is 0.428 e. The summed E-state index contributed by atoms with van der Waals surface area (Å²) in [7, 11) is 0. The van der Waals surface area contributed by atoms with Gasteiger partial charge >= 0.3 is 6.11 Å². The van der Waals surface area contributed by atoms with Gasteiger partial charge < -0.3 is 14.2 Å². The molecule has 2 aromatic rings. The van der Waals surface area contributed by atoms with Crippen molar-refractivity contribution in [1.29, 1.82) is 0 Å². The summed E-state index contributed by atoms with van der Waals surface area (Å²) in [6, 6.07) is 1.35. The quantitative estimate of drug-likeness (QED) is 0.479. The molecule has 0 atom stereocenters. The Hall–Kier alpha value is -2.33. The van der Waals surface area contributed by atoms with E-state index in [0.717, 1.165) is 6.92 Å². The summed E-state index contributed by atoms with van der Waals surface area (Å²) < 4.78 is 112. The van der Waals surface area contributed by atoms with E-state index >= 15 is 0 Å². The third kappa shape index (κ3) is 4.18. The van der Waals surface area contributed by atoms with Crippen molar-refractivity contribution in [1.82, 2.24) is 0 Å². The van der Waals surface area contributed by atoms with Crippen molar-refractivity contribution in [3.05, 3.63) is 64.0 Å². The maximum Gasteiger partial charge on any atom is 0.432 e. The highest BCUT2D eigenvalue weighted by atomic mass is 19.3. The first-order chi connectivity index (χ1) is 13.5. The van der Waals surface area contributed by atoms with Gasteiger partial charge in [0.1, 0.15) is 22.9 Å². The third-order valence-corrected chi connectivity index (χ3v) is 4.29. The minimum absolute atomic E-state index is 0.0534. The van der Waals surface area contributed by atoms with E-state index in [1.54, 1.807) is 0 Å². The molecule has 0 aliphatic carbocycles. The van der Waals surface area contributed by atoms with Gasteiger partial charge in [-0.05, 0) is 19.1 Å². The van der Waals surface area contributed by atoms with Crippen LogP contribution >= 0.6 is 0 Å². The molecule has 0 unspecified atom stereocenters. The summed E-state index contributed by atoms with van der Waals surface area (Å²) in [6.07, 6.45) is -5.79. The molecule has 1 fully saturated rings. The van der Waals surface area contributed by atoms with Crippen molar-refractivity contribution in [3.63, 3.8) is 0 Å². The molecule has 0 saturated carbocycles. The van der Waals surface area contributed by atoms with E-state index < -0.39 is 58.4 Å². The van der Waals surface area contributed by atoms with Crippen LogP contribution in [0.2, 0.25) is 0 Å². The fourth-order valence-electron chi connectivity index (χ4n) is 2.76. The summed E-state index contributed by atoms with van der Waals surface area (Å²) in [5.41, 5.74) is -2.74. The Kier molecular flexibility index (Phi) is 5.77. The Morgan fingerprint density at radius 3 is 2.00 bits per heavy atom. The highest BCUT2D eigenvalue weighted by Crippen LogP contribution is 2.39. The molecule has 3 rings (SSSR count). The van der Waals surface area contributed by atoms with Gasteiger partial charge in [-0.2, -0.15) is 8.78 Å². The van der Waals surface area contributed by atoms with Crippen molar-refractivity contribution < 1.29 is 44.9 Å². The second-order valence-corrected chi connectivity index (χ2v) is 6.69. The molecule has 0 aromatic heterocycles. The Labute approximate surface area is 161 Å². The van der Waals surface area contributed by atoms with Gasteiger partial charge in [-0.15, -0.1) is 0 Å². The molecule has 1 heterocycles. The van der Waals surface area contributed by atoms with Crippen LogP contribution in [0.4, 0.5) is 30.7 Å². The number of halogens is 7. The number of ether oxygens (including phenoxy) is 3. The first kappa shape index (κ1) is 21.4. The summed E-state index contributed by atoms with van der Waals surface area (Å²) in [5.74, 6) is -9.86. The maximum atomic E-state index is 14.4. The minimum Gasteiger partial charge on any atom is -0.428 e. The van der Waals surface area contributed by atoms with Crippen LogP contribution in [0.1, 0.15) is 29.9 Å². The molecule has 0 radical (unpaired) electrons. The van der Waals surface area contributed by atoms with Gasteiger partial charge in [0.05, 0.1) is 13.2 Å². The highest BCUT2D eigenvalue weighted by molar-refractivity contribution is 5.37. The Morgan fingerprint density at radius 2 is 1.45 bits per heavy atom.